The van der Waals surface area contributed by atoms with Crippen LogP contribution in [0.1, 0.15) is 41.6 Å². The molecule has 0 saturated heterocycles. The highest BCUT2D eigenvalue weighted by molar-refractivity contribution is 5.78. The highest BCUT2D eigenvalue weighted by Gasteiger charge is 2.36. The molecule has 2 aromatic rings. The smallest absolute Gasteiger partial charge is 0.229 e. The highest BCUT2D eigenvalue weighted by Crippen LogP contribution is 2.37. The maximum absolute atomic E-state index is 12.3. The Kier molecular flexibility index (Phi) is 4.63. The number of rotatable bonds is 5. The van der Waals surface area contributed by atoms with Gasteiger partial charge >= 0.3 is 0 Å². The maximum atomic E-state index is 12.3. The summed E-state index contributed by atoms with van der Waals surface area (Å²) in [6, 6.07) is 5.91. The third-order valence-electron chi connectivity index (χ3n) is 5.23. The first-order valence-electron chi connectivity index (χ1n) is 9.08. The number of aryl methyl sites for hydroxylation is 1. The van der Waals surface area contributed by atoms with Crippen molar-refractivity contribution in [2.24, 2.45) is 5.92 Å². The molecule has 0 unspecified atom stereocenters. The lowest BCUT2D eigenvalue weighted by Crippen LogP contribution is -2.33. The first-order valence-corrected chi connectivity index (χ1v) is 9.08. The summed E-state index contributed by atoms with van der Waals surface area (Å²) in [5.74, 6) is 2.13. The van der Waals surface area contributed by atoms with Crippen molar-refractivity contribution in [2.45, 2.75) is 44.6 Å². The van der Waals surface area contributed by atoms with E-state index in [9.17, 15) is 9.90 Å². The molecular weight excluding hydrogens is 334 g/mol. The van der Waals surface area contributed by atoms with Crippen molar-refractivity contribution < 1.29 is 19.2 Å². The van der Waals surface area contributed by atoms with E-state index in [0.717, 1.165) is 24.2 Å². The minimum Gasteiger partial charge on any atom is -0.493 e. The number of carbonyl (C=O) groups excluding carboxylic acids is 1. The molecule has 138 valence electrons. The zero-order valence-corrected chi connectivity index (χ0v) is 14.8. The summed E-state index contributed by atoms with van der Waals surface area (Å²) >= 11 is 0. The third kappa shape index (κ3) is 3.58. The van der Waals surface area contributed by atoms with E-state index >= 15 is 0 Å². The van der Waals surface area contributed by atoms with E-state index in [1.54, 1.807) is 6.92 Å². The van der Waals surface area contributed by atoms with Crippen molar-refractivity contribution in [3.05, 3.63) is 41.0 Å². The molecule has 0 radical (unpaired) electrons. The number of benzene rings is 1. The van der Waals surface area contributed by atoms with Gasteiger partial charge < -0.3 is 19.7 Å². The summed E-state index contributed by atoms with van der Waals surface area (Å²) in [5, 5.41) is 17.0. The van der Waals surface area contributed by atoms with Crippen LogP contribution in [0.25, 0.3) is 0 Å². The number of ether oxygens (including phenoxy) is 1. The number of aromatic nitrogens is 2. The number of amides is 1. The molecule has 4 rings (SSSR count). The summed E-state index contributed by atoms with van der Waals surface area (Å²) < 4.78 is 10.7. The van der Waals surface area contributed by atoms with Crippen LogP contribution in [-0.4, -0.2) is 40.4 Å². The molecule has 7 heteroatoms. The number of aliphatic hydroxyl groups is 1. The van der Waals surface area contributed by atoms with Gasteiger partial charge in [0.1, 0.15) is 5.75 Å². The first kappa shape index (κ1) is 17.0. The second kappa shape index (κ2) is 7.07. The lowest BCUT2D eigenvalue weighted by Gasteiger charge is -2.15. The van der Waals surface area contributed by atoms with Crippen molar-refractivity contribution in [1.82, 2.24) is 15.5 Å². The summed E-state index contributed by atoms with van der Waals surface area (Å²) in [6.07, 6.45) is 2.09. The van der Waals surface area contributed by atoms with E-state index in [0.29, 0.717) is 37.7 Å². The van der Waals surface area contributed by atoms with Gasteiger partial charge in [-0.25, -0.2) is 0 Å². The number of nitrogens with one attached hydrogen (secondary N) is 1. The average molecular weight is 357 g/mol. The summed E-state index contributed by atoms with van der Waals surface area (Å²) in [7, 11) is 0. The number of hydrogen-bond acceptors (Lipinski definition) is 6. The maximum Gasteiger partial charge on any atom is 0.229 e. The number of nitrogens with zero attached hydrogens (tertiary/aromatic N) is 2. The minimum atomic E-state index is -0.468. The monoisotopic (exact) mass is 357 g/mol. The molecular formula is C19H23N3O4. The standard InChI is InChI=1S/C19H23N3O4/c1-11-21-19(26-22-11)14-8-15(16(23)9-14)10-20-18(24)7-12-2-3-17-13(6-12)4-5-25-17/h2-3,6,14-16,23H,4-5,7-10H2,1H3,(H,20,24)/t14-,15+,16+/m0/s1. The van der Waals surface area contributed by atoms with Gasteiger partial charge in [-0.05, 0) is 37.0 Å². The minimum absolute atomic E-state index is 0.00424. The van der Waals surface area contributed by atoms with E-state index < -0.39 is 6.10 Å². The predicted octanol–water partition coefficient (Wildman–Crippen LogP) is 1.53. The Morgan fingerprint density at radius 2 is 2.27 bits per heavy atom. The summed E-state index contributed by atoms with van der Waals surface area (Å²) in [5.41, 5.74) is 2.15. The molecule has 1 aliphatic carbocycles. The fraction of sp³-hybridized carbons (Fsp3) is 0.526. The summed E-state index contributed by atoms with van der Waals surface area (Å²) in [6.45, 7) is 2.95. The van der Waals surface area contributed by atoms with Gasteiger partial charge in [0.05, 0.1) is 19.1 Å². The molecule has 0 spiro atoms. The topological polar surface area (TPSA) is 97.5 Å². The molecule has 1 amide bonds. The third-order valence-corrected chi connectivity index (χ3v) is 5.23. The van der Waals surface area contributed by atoms with Gasteiger partial charge in [0.15, 0.2) is 5.82 Å². The molecule has 3 atom stereocenters. The van der Waals surface area contributed by atoms with Gasteiger partial charge in [0.2, 0.25) is 11.8 Å². The van der Waals surface area contributed by atoms with Crippen molar-refractivity contribution >= 4 is 5.91 Å². The van der Waals surface area contributed by atoms with Crippen molar-refractivity contribution in [3.63, 3.8) is 0 Å². The second-order valence-electron chi connectivity index (χ2n) is 7.20. The van der Waals surface area contributed by atoms with Gasteiger partial charge in [-0.3, -0.25) is 4.79 Å². The van der Waals surface area contributed by atoms with Crippen LogP contribution < -0.4 is 10.1 Å². The lowest BCUT2D eigenvalue weighted by molar-refractivity contribution is -0.120. The largest absolute Gasteiger partial charge is 0.493 e. The summed E-state index contributed by atoms with van der Waals surface area (Å²) in [4.78, 5) is 16.5. The Bertz CT molecular complexity index is 804. The SMILES string of the molecule is Cc1noc([C@H]2C[C@H](CNC(=O)Cc3ccc4c(c3)CCO4)[C@H](O)C2)n1. The van der Waals surface area contributed by atoms with Gasteiger partial charge in [-0.1, -0.05) is 17.3 Å². The van der Waals surface area contributed by atoms with Gasteiger partial charge in [-0.15, -0.1) is 0 Å². The van der Waals surface area contributed by atoms with Crippen molar-refractivity contribution in [3.8, 4) is 5.75 Å². The van der Waals surface area contributed by atoms with Crippen molar-refractivity contribution in [2.75, 3.05) is 13.2 Å². The Labute approximate surface area is 151 Å². The molecule has 1 aromatic carbocycles. The Morgan fingerprint density at radius 3 is 3.08 bits per heavy atom. The lowest BCUT2D eigenvalue weighted by atomic mass is 10.0. The predicted molar refractivity (Wildman–Crippen MR) is 92.9 cm³/mol. The van der Waals surface area contributed by atoms with Crippen molar-refractivity contribution in [1.29, 1.82) is 0 Å². The van der Waals surface area contributed by atoms with Crippen LogP contribution in [0.4, 0.5) is 0 Å². The molecule has 0 bridgehead atoms. The number of carbonyl (C=O) groups is 1. The van der Waals surface area contributed by atoms with E-state index in [2.05, 4.69) is 15.5 Å². The molecule has 2 heterocycles. The Balaban J connectivity index is 1.29. The van der Waals surface area contributed by atoms with E-state index in [1.807, 2.05) is 18.2 Å². The highest BCUT2D eigenvalue weighted by atomic mass is 16.5. The molecule has 26 heavy (non-hydrogen) atoms. The Hall–Kier alpha value is -2.41. The normalized spacial score (nSPS) is 24.3. The van der Waals surface area contributed by atoms with Gasteiger partial charge in [0, 0.05) is 24.8 Å². The zero-order valence-electron chi connectivity index (χ0n) is 14.8. The van der Waals surface area contributed by atoms with Crippen LogP contribution in [0.3, 0.4) is 0 Å². The quantitative estimate of drug-likeness (QED) is 0.842. The molecule has 1 saturated carbocycles. The van der Waals surface area contributed by atoms with Crippen LogP contribution in [-0.2, 0) is 17.6 Å². The van der Waals surface area contributed by atoms with Gasteiger partial charge in [0.25, 0.3) is 0 Å². The van der Waals surface area contributed by atoms with E-state index in [4.69, 9.17) is 9.26 Å². The van der Waals surface area contributed by atoms with Crippen LogP contribution in [0.2, 0.25) is 0 Å². The zero-order chi connectivity index (χ0) is 18.1. The second-order valence-corrected chi connectivity index (χ2v) is 7.20. The Morgan fingerprint density at radius 1 is 1.38 bits per heavy atom. The fourth-order valence-electron chi connectivity index (χ4n) is 3.85. The molecule has 1 fully saturated rings. The first-order chi connectivity index (χ1) is 12.6. The van der Waals surface area contributed by atoms with Crippen LogP contribution in [0.15, 0.2) is 22.7 Å². The number of fused-ring (bicyclic) bond motifs is 1. The van der Waals surface area contributed by atoms with Gasteiger partial charge in [-0.2, -0.15) is 4.98 Å². The molecule has 1 aliphatic heterocycles. The molecule has 2 N–H and O–H groups in total. The van der Waals surface area contributed by atoms with E-state index in [-0.39, 0.29) is 17.7 Å². The fourth-order valence-corrected chi connectivity index (χ4v) is 3.85. The molecule has 7 nitrogen and oxygen atoms in total. The van der Waals surface area contributed by atoms with Crippen LogP contribution in [0.5, 0.6) is 5.75 Å². The average Bonchev–Trinajstić information content (AvgIpc) is 3.32. The van der Waals surface area contributed by atoms with Crippen LogP contribution >= 0.6 is 0 Å². The molecule has 2 aliphatic rings. The number of hydrogen-bond donors (Lipinski definition) is 2. The number of aliphatic hydroxyl groups excluding tert-OH is 1. The van der Waals surface area contributed by atoms with E-state index in [1.165, 1.54) is 5.56 Å². The molecule has 1 aromatic heterocycles. The van der Waals surface area contributed by atoms with Crippen LogP contribution in [0, 0.1) is 12.8 Å².